The highest BCUT2D eigenvalue weighted by Crippen LogP contribution is 2.21. The number of methoxy groups -OCH3 is 1. The molecule has 0 saturated heterocycles. The predicted octanol–water partition coefficient (Wildman–Crippen LogP) is 2.28. The molecule has 3 heteroatoms. The lowest BCUT2D eigenvalue weighted by molar-refractivity contribution is -0.133. The first kappa shape index (κ1) is 14.0. The Morgan fingerprint density at radius 3 is 2.17 bits per heavy atom. The van der Waals surface area contributed by atoms with Crippen molar-refractivity contribution in [3.8, 4) is 11.8 Å². The van der Waals surface area contributed by atoms with E-state index in [2.05, 4.69) is 16.6 Å². The Hall–Kier alpha value is -2.08. The highest BCUT2D eigenvalue weighted by atomic mass is 16.5. The Balaban J connectivity index is 3.22. The molecule has 18 heavy (non-hydrogen) atoms. The molecule has 1 rings (SSSR count). The third-order valence-electron chi connectivity index (χ3n) is 3.19. The van der Waals surface area contributed by atoms with Gasteiger partial charge in [-0.15, -0.1) is 0 Å². The van der Waals surface area contributed by atoms with Crippen LogP contribution in [0.4, 0.5) is 0 Å². The number of hydrogen-bond donors (Lipinski definition) is 0. The average Bonchev–Trinajstić information content (AvgIpc) is 2.37. The molecular formula is C15H16O3. The summed E-state index contributed by atoms with van der Waals surface area (Å²) in [5.41, 5.74) is 4.75. The van der Waals surface area contributed by atoms with Crippen molar-refractivity contribution in [3.05, 3.63) is 33.9 Å². The van der Waals surface area contributed by atoms with Crippen LogP contribution in [0.1, 0.15) is 32.6 Å². The monoisotopic (exact) mass is 244 g/mol. The van der Waals surface area contributed by atoms with E-state index in [-0.39, 0.29) is 5.78 Å². The average molecular weight is 244 g/mol. The molecule has 3 nitrogen and oxygen atoms in total. The normalized spacial score (nSPS) is 9.39. The van der Waals surface area contributed by atoms with Gasteiger partial charge in [0, 0.05) is 11.5 Å². The van der Waals surface area contributed by atoms with E-state index in [0.29, 0.717) is 5.56 Å². The van der Waals surface area contributed by atoms with E-state index >= 15 is 0 Å². The van der Waals surface area contributed by atoms with Crippen LogP contribution in [0.2, 0.25) is 0 Å². The van der Waals surface area contributed by atoms with Crippen molar-refractivity contribution < 1.29 is 14.3 Å². The number of aryl methyl sites for hydroxylation is 1. The summed E-state index contributed by atoms with van der Waals surface area (Å²) < 4.78 is 4.37. The Morgan fingerprint density at radius 1 is 1.00 bits per heavy atom. The van der Waals surface area contributed by atoms with Gasteiger partial charge in [0.15, 0.2) is 0 Å². The first-order valence-electron chi connectivity index (χ1n) is 5.60. The molecule has 1 aromatic rings. The summed E-state index contributed by atoms with van der Waals surface area (Å²) in [6.45, 7) is 7.83. The topological polar surface area (TPSA) is 43.4 Å². The minimum atomic E-state index is -0.707. The maximum absolute atomic E-state index is 11.9. The minimum Gasteiger partial charge on any atom is -0.459 e. The lowest BCUT2D eigenvalue weighted by Crippen LogP contribution is -2.05. The summed E-state index contributed by atoms with van der Waals surface area (Å²) >= 11 is 0. The van der Waals surface area contributed by atoms with E-state index in [1.165, 1.54) is 12.7 Å². The van der Waals surface area contributed by atoms with Crippen LogP contribution in [-0.2, 0) is 9.53 Å². The number of Topliss-reactive ketones (excluding diaryl/α,β-unsaturated/α-hetero) is 1. The van der Waals surface area contributed by atoms with Crippen LogP contribution in [0.25, 0.3) is 0 Å². The molecule has 0 bridgehead atoms. The Kier molecular flexibility index (Phi) is 4.28. The molecule has 0 radical (unpaired) electrons. The van der Waals surface area contributed by atoms with Crippen molar-refractivity contribution in [2.75, 3.05) is 7.11 Å². The van der Waals surface area contributed by atoms with Gasteiger partial charge in [-0.25, -0.2) is 4.79 Å². The maximum Gasteiger partial charge on any atom is 0.384 e. The van der Waals surface area contributed by atoms with Crippen molar-refractivity contribution >= 4 is 11.8 Å². The van der Waals surface area contributed by atoms with Crippen LogP contribution in [0.15, 0.2) is 6.07 Å². The molecule has 0 aliphatic carbocycles. The highest BCUT2D eigenvalue weighted by molar-refractivity contribution is 6.12. The molecule has 0 amide bonds. The van der Waals surface area contributed by atoms with E-state index in [1.807, 2.05) is 33.8 Å². The highest BCUT2D eigenvalue weighted by Gasteiger charge is 2.12. The predicted molar refractivity (Wildman–Crippen MR) is 69.5 cm³/mol. The van der Waals surface area contributed by atoms with Crippen LogP contribution < -0.4 is 0 Å². The van der Waals surface area contributed by atoms with Crippen LogP contribution >= 0.6 is 0 Å². The maximum atomic E-state index is 11.9. The van der Waals surface area contributed by atoms with Crippen LogP contribution in [-0.4, -0.2) is 18.9 Å². The number of hydrogen-bond acceptors (Lipinski definition) is 3. The molecule has 0 N–H and O–H groups in total. The van der Waals surface area contributed by atoms with Crippen LogP contribution in [0.3, 0.4) is 0 Å². The summed E-state index contributed by atoms with van der Waals surface area (Å²) in [6, 6.07) is 1.81. The van der Waals surface area contributed by atoms with Crippen molar-refractivity contribution in [2.45, 2.75) is 27.7 Å². The van der Waals surface area contributed by atoms with Crippen LogP contribution in [0.5, 0.6) is 0 Å². The van der Waals surface area contributed by atoms with Crippen LogP contribution in [0, 0.1) is 39.5 Å². The second-order valence-electron chi connectivity index (χ2n) is 4.19. The molecular weight excluding hydrogens is 228 g/mol. The largest absolute Gasteiger partial charge is 0.459 e. The van der Waals surface area contributed by atoms with Gasteiger partial charge in [-0.1, -0.05) is 0 Å². The summed E-state index contributed by atoms with van der Waals surface area (Å²) in [6.07, 6.45) is 0. The van der Waals surface area contributed by atoms with E-state index in [1.54, 1.807) is 0 Å². The molecule has 0 aliphatic heterocycles. The molecule has 0 saturated carbocycles. The van der Waals surface area contributed by atoms with Gasteiger partial charge < -0.3 is 4.74 Å². The zero-order valence-electron chi connectivity index (χ0n) is 11.3. The third-order valence-corrected chi connectivity index (χ3v) is 3.19. The van der Waals surface area contributed by atoms with Gasteiger partial charge >= 0.3 is 5.97 Å². The molecule has 0 heterocycles. The molecule has 1 aromatic carbocycles. The Bertz CT molecular complexity index is 572. The summed E-state index contributed by atoms with van der Waals surface area (Å²) in [4.78, 5) is 22.8. The van der Waals surface area contributed by atoms with Crippen molar-refractivity contribution in [3.63, 3.8) is 0 Å². The van der Waals surface area contributed by atoms with Gasteiger partial charge in [0.1, 0.15) is 0 Å². The first-order chi connectivity index (χ1) is 8.38. The number of rotatable bonds is 1. The molecule has 0 atom stereocenters. The van der Waals surface area contributed by atoms with Gasteiger partial charge in [0.25, 0.3) is 0 Å². The molecule has 94 valence electrons. The van der Waals surface area contributed by atoms with Gasteiger partial charge in [0.05, 0.1) is 7.11 Å². The molecule has 0 spiro atoms. The van der Waals surface area contributed by atoms with Crippen molar-refractivity contribution in [1.29, 1.82) is 0 Å². The number of carbonyl (C=O) groups is 2. The number of benzene rings is 1. The SMILES string of the molecule is COC(=O)C#CC(=O)c1cc(C)c(C)c(C)c1C. The zero-order chi connectivity index (χ0) is 13.9. The standard InChI is InChI=1S/C15H16O3/c1-9-8-13(12(4)11(3)10(9)2)14(16)6-7-15(17)18-5/h8H,1-5H3. The van der Waals surface area contributed by atoms with Gasteiger partial charge in [-0.2, -0.15) is 0 Å². The summed E-state index contributed by atoms with van der Waals surface area (Å²) in [5, 5.41) is 0. The lowest BCUT2D eigenvalue weighted by atomic mass is 9.93. The quantitative estimate of drug-likeness (QED) is 0.250. The molecule has 0 aliphatic rings. The second-order valence-corrected chi connectivity index (χ2v) is 4.19. The fourth-order valence-corrected chi connectivity index (χ4v) is 1.67. The molecule has 0 unspecified atom stereocenters. The summed E-state index contributed by atoms with van der Waals surface area (Å²) in [5.74, 6) is 3.39. The fraction of sp³-hybridized carbons (Fsp3) is 0.333. The zero-order valence-corrected chi connectivity index (χ0v) is 11.3. The number of ketones is 1. The summed E-state index contributed by atoms with van der Waals surface area (Å²) in [7, 11) is 1.23. The number of ether oxygens (including phenoxy) is 1. The lowest BCUT2D eigenvalue weighted by Gasteiger charge is -2.11. The smallest absolute Gasteiger partial charge is 0.384 e. The second kappa shape index (κ2) is 5.50. The van der Waals surface area contributed by atoms with Crippen molar-refractivity contribution in [1.82, 2.24) is 0 Å². The Morgan fingerprint density at radius 2 is 1.61 bits per heavy atom. The van der Waals surface area contributed by atoms with E-state index < -0.39 is 5.97 Å². The van der Waals surface area contributed by atoms with E-state index in [0.717, 1.165) is 16.7 Å². The van der Waals surface area contributed by atoms with Gasteiger partial charge in [-0.05, 0) is 61.9 Å². The van der Waals surface area contributed by atoms with Gasteiger partial charge in [0.2, 0.25) is 5.78 Å². The fourth-order valence-electron chi connectivity index (χ4n) is 1.67. The first-order valence-corrected chi connectivity index (χ1v) is 5.60. The Labute approximate surface area is 107 Å². The third kappa shape index (κ3) is 2.78. The number of carbonyl (C=O) groups excluding carboxylic acids is 2. The minimum absolute atomic E-state index is 0.357. The van der Waals surface area contributed by atoms with E-state index in [4.69, 9.17) is 0 Å². The van der Waals surface area contributed by atoms with Crippen molar-refractivity contribution in [2.24, 2.45) is 0 Å². The number of esters is 1. The molecule has 0 aromatic heterocycles. The molecule has 0 fully saturated rings. The van der Waals surface area contributed by atoms with E-state index in [9.17, 15) is 9.59 Å². The van der Waals surface area contributed by atoms with Gasteiger partial charge in [-0.3, -0.25) is 4.79 Å².